The van der Waals surface area contributed by atoms with Crippen molar-refractivity contribution in [1.29, 1.82) is 0 Å². The summed E-state index contributed by atoms with van der Waals surface area (Å²) < 4.78 is 5.02. The number of carbonyl (C=O) groups excluding carboxylic acids is 2. The molecule has 2 rings (SSSR count). The summed E-state index contributed by atoms with van der Waals surface area (Å²) in [4.78, 5) is 21.9. The summed E-state index contributed by atoms with van der Waals surface area (Å²) in [6.45, 7) is 2.82. The highest BCUT2D eigenvalue weighted by Gasteiger charge is 2.02. The SMILES string of the molecule is CC(=O)Nc1ccc2ccc(OC(C)=O)cc2c1. The Kier molecular flexibility index (Phi) is 3.28. The first-order chi connectivity index (χ1) is 8.54. The zero-order chi connectivity index (χ0) is 13.1. The standard InChI is InChI=1S/C14H13NO3/c1-9(16)15-13-5-3-11-4-6-14(18-10(2)17)8-12(11)7-13/h3-8H,1-2H3,(H,15,16). The van der Waals surface area contributed by atoms with Crippen LogP contribution in [-0.4, -0.2) is 11.9 Å². The van der Waals surface area contributed by atoms with Gasteiger partial charge in [0, 0.05) is 19.5 Å². The maximum absolute atomic E-state index is 11.0. The lowest BCUT2D eigenvalue weighted by molar-refractivity contribution is -0.131. The molecule has 0 radical (unpaired) electrons. The quantitative estimate of drug-likeness (QED) is 0.651. The topological polar surface area (TPSA) is 55.4 Å². The predicted octanol–water partition coefficient (Wildman–Crippen LogP) is 2.72. The van der Waals surface area contributed by atoms with Gasteiger partial charge in [-0.2, -0.15) is 0 Å². The Morgan fingerprint density at radius 3 is 2.39 bits per heavy atom. The molecule has 0 fully saturated rings. The Balaban J connectivity index is 2.39. The van der Waals surface area contributed by atoms with Gasteiger partial charge < -0.3 is 10.1 Å². The molecule has 0 unspecified atom stereocenters. The van der Waals surface area contributed by atoms with Crippen LogP contribution in [0.2, 0.25) is 0 Å². The van der Waals surface area contributed by atoms with Crippen LogP contribution >= 0.6 is 0 Å². The average molecular weight is 243 g/mol. The Bertz CT molecular complexity index is 569. The molecule has 0 bridgehead atoms. The van der Waals surface area contributed by atoms with Gasteiger partial charge in [-0.1, -0.05) is 12.1 Å². The van der Waals surface area contributed by atoms with Gasteiger partial charge in [0.15, 0.2) is 0 Å². The minimum absolute atomic E-state index is 0.120. The van der Waals surface area contributed by atoms with Gasteiger partial charge in [-0.05, 0) is 35.0 Å². The lowest BCUT2D eigenvalue weighted by Crippen LogP contribution is -2.05. The van der Waals surface area contributed by atoms with Gasteiger partial charge in [0.25, 0.3) is 0 Å². The predicted molar refractivity (Wildman–Crippen MR) is 69.6 cm³/mol. The van der Waals surface area contributed by atoms with Crippen LogP contribution in [-0.2, 0) is 9.59 Å². The third-order valence-electron chi connectivity index (χ3n) is 2.39. The summed E-state index contributed by atoms with van der Waals surface area (Å²) in [5.41, 5.74) is 0.718. The first kappa shape index (κ1) is 12.1. The number of nitrogens with one attached hydrogen (secondary N) is 1. The Morgan fingerprint density at radius 1 is 1.00 bits per heavy atom. The van der Waals surface area contributed by atoms with E-state index in [-0.39, 0.29) is 11.9 Å². The summed E-state index contributed by atoms with van der Waals surface area (Å²) >= 11 is 0. The molecular weight excluding hydrogens is 230 g/mol. The maximum atomic E-state index is 11.0. The maximum Gasteiger partial charge on any atom is 0.308 e. The zero-order valence-corrected chi connectivity index (χ0v) is 10.2. The molecule has 0 aliphatic carbocycles. The minimum atomic E-state index is -0.354. The van der Waals surface area contributed by atoms with Crippen molar-refractivity contribution < 1.29 is 14.3 Å². The molecule has 0 heterocycles. The Hall–Kier alpha value is -2.36. The summed E-state index contributed by atoms with van der Waals surface area (Å²) in [6, 6.07) is 10.9. The molecule has 4 nitrogen and oxygen atoms in total. The van der Waals surface area contributed by atoms with Crippen molar-refractivity contribution >= 4 is 28.3 Å². The first-order valence-electron chi connectivity index (χ1n) is 5.54. The molecule has 4 heteroatoms. The second-order valence-corrected chi connectivity index (χ2v) is 4.00. The lowest BCUT2D eigenvalue weighted by Gasteiger charge is -2.06. The number of hydrogen-bond acceptors (Lipinski definition) is 3. The molecule has 0 aliphatic heterocycles. The van der Waals surface area contributed by atoms with Crippen LogP contribution < -0.4 is 10.1 Å². The molecule has 92 valence electrons. The number of rotatable bonds is 2. The van der Waals surface area contributed by atoms with Crippen LogP contribution in [0.15, 0.2) is 36.4 Å². The van der Waals surface area contributed by atoms with Crippen LogP contribution in [0.5, 0.6) is 5.75 Å². The molecule has 0 saturated carbocycles. The van der Waals surface area contributed by atoms with E-state index in [2.05, 4.69) is 5.32 Å². The highest BCUT2D eigenvalue weighted by atomic mass is 16.5. The van der Waals surface area contributed by atoms with E-state index in [0.29, 0.717) is 5.75 Å². The van der Waals surface area contributed by atoms with Crippen LogP contribution in [0.3, 0.4) is 0 Å². The van der Waals surface area contributed by atoms with Gasteiger partial charge in [-0.15, -0.1) is 0 Å². The molecule has 18 heavy (non-hydrogen) atoms. The van der Waals surface area contributed by atoms with Crippen LogP contribution in [0.4, 0.5) is 5.69 Å². The van der Waals surface area contributed by atoms with Gasteiger partial charge in [-0.25, -0.2) is 0 Å². The van der Waals surface area contributed by atoms with E-state index >= 15 is 0 Å². The monoisotopic (exact) mass is 243 g/mol. The summed E-state index contributed by atoms with van der Waals surface area (Å²) in [6.07, 6.45) is 0. The lowest BCUT2D eigenvalue weighted by atomic mass is 10.1. The third kappa shape index (κ3) is 2.85. The number of benzene rings is 2. The second kappa shape index (κ2) is 4.87. The average Bonchev–Trinajstić information content (AvgIpc) is 2.26. The summed E-state index contributed by atoms with van der Waals surface area (Å²) in [7, 11) is 0. The van der Waals surface area contributed by atoms with Crippen molar-refractivity contribution in [2.24, 2.45) is 0 Å². The van der Waals surface area contributed by atoms with Crippen LogP contribution in [0.1, 0.15) is 13.8 Å². The molecule has 2 aromatic rings. The van der Waals surface area contributed by atoms with Crippen molar-refractivity contribution in [2.45, 2.75) is 13.8 Å². The van der Waals surface area contributed by atoms with Gasteiger partial charge in [0.2, 0.25) is 5.91 Å². The van der Waals surface area contributed by atoms with E-state index in [1.165, 1.54) is 13.8 Å². The van der Waals surface area contributed by atoms with E-state index in [1.807, 2.05) is 24.3 Å². The van der Waals surface area contributed by atoms with Gasteiger partial charge in [0.05, 0.1) is 0 Å². The fourth-order valence-electron chi connectivity index (χ4n) is 1.74. The number of fused-ring (bicyclic) bond motifs is 1. The number of carbonyl (C=O) groups is 2. The molecule has 1 amide bonds. The fourth-order valence-corrected chi connectivity index (χ4v) is 1.74. The smallest absolute Gasteiger partial charge is 0.308 e. The van der Waals surface area contributed by atoms with Crippen molar-refractivity contribution in [2.75, 3.05) is 5.32 Å². The number of anilines is 1. The number of ether oxygens (including phenoxy) is 1. The second-order valence-electron chi connectivity index (χ2n) is 4.00. The highest BCUT2D eigenvalue weighted by molar-refractivity contribution is 5.93. The highest BCUT2D eigenvalue weighted by Crippen LogP contribution is 2.24. The third-order valence-corrected chi connectivity index (χ3v) is 2.39. The normalized spacial score (nSPS) is 10.1. The number of esters is 1. The Labute approximate surface area is 105 Å². The van der Waals surface area contributed by atoms with E-state index in [4.69, 9.17) is 4.74 Å². The molecule has 0 aliphatic rings. The fraction of sp³-hybridized carbons (Fsp3) is 0.143. The van der Waals surface area contributed by atoms with Crippen LogP contribution in [0, 0.1) is 0 Å². The van der Waals surface area contributed by atoms with Gasteiger partial charge in [-0.3, -0.25) is 9.59 Å². The molecule has 0 saturated heterocycles. The van der Waals surface area contributed by atoms with Crippen LogP contribution in [0.25, 0.3) is 10.8 Å². The van der Waals surface area contributed by atoms with E-state index in [9.17, 15) is 9.59 Å². The van der Waals surface area contributed by atoms with E-state index in [1.54, 1.807) is 12.1 Å². The molecule has 1 N–H and O–H groups in total. The largest absolute Gasteiger partial charge is 0.427 e. The van der Waals surface area contributed by atoms with E-state index in [0.717, 1.165) is 16.5 Å². The van der Waals surface area contributed by atoms with Crippen molar-refractivity contribution in [3.05, 3.63) is 36.4 Å². The Morgan fingerprint density at radius 2 is 1.72 bits per heavy atom. The van der Waals surface area contributed by atoms with Crippen molar-refractivity contribution in [3.8, 4) is 5.75 Å². The molecule has 2 aromatic carbocycles. The summed E-state index contributed by atoms with van der Waals surface area (Å²) in [5.74, 6) is 0.0211. The molecule has 0 aromatic heterocycles. The number of amides is 1. The first-order valence-corrected chi connectivity index (χ1v) is 5.54. The van der Waals surface area contributed by atoms with E-state index < -0.39 is 0 Å². The van der Waals surface area contributed by atoms with Gasteiger partial charge >= 0.3 is 5.97 Å². The molecule has 0 atom stereocenters. The number of hydrogen-bond donors (Lipinski definition) is 1. The molecular formula is C14H13NO3. The van der Waals surface area contributed by atoms with Crippen molar-refractivity contribution in [1.82, 2.24) is 0 Å². The molecule has 0 spiro atoms. The minimum Gasteiger partial charge on any atom is -0.427 e. The summed E-state index contributed by atoms with van der Waals surface area (Å²) in [5, 5.41) is 4.63. The van der Waals surface area contributed by atoms with Crippen molar-refractivity contribution in [3.63, 3.8) is 0 Å². The zero-order valence-electron chi connectivity index (χ0n) is 10.2. The van der Waals surface area contributed by atoms with Gasteiger partial charge in [0.1, 0.15) is 5.75 Å².